The van der Waals surface area contributed by atoms with Crippen molar-refractivity contribution in [1.29, 1.82) is 0 Å². The first-order chi connectivity index (χ1) is 9.47. The smallest absolute Gasteiger partial charge is 0.407 e. The molecule has 0 aliphatic rings. The number of amides is 2. The van der Waals surface area contributed by atoms with E-state index in [2.05, 4.69) is 10.6 Å². The molecule has 6 N–H and O–H groups in total. The summed E-state index contributed by atoms with van der Waals surface area (Å²) in [5.74, 6) is 0. The average Bonchev–Trinajstić information content (AvgIpc) is 2.39. The van der Waals surface area contributed by atoms with Crippen LogP contribution in [0.4, 0.5) is 9.59 Å². The van der Waals surface area contributed by atoms with Crippen LogP contribution in [0.1, 0.15) is 26.7 Å². The molecule has 0 spiro atoms. The predicted molar refractivity (Wildman–Crippen MR) is 75.3 cm³/mol. The summed E-state index contributed by atoms with van der Waals surface area (Å²) < 4.78 is 9.88. The molecule has 0 bridgehead atoms. The lowest BCUT2D eigenvalue weighted by Gasteiger charge is -2.27. The van der Waals surface area contributed by atoms with Crippen LogP contribution in [0.25, 0.3) is 0 Å². The largest absolute Gasteiger partial charge is 0.449 e. The maximum Gasteiger partial charge on any atom is 0.407 e. The van der Waals surface area contributed by atoms with Crippen LogP contribution < -0.4 is 22.1 Å². The number of ether oxygens (including phenoxy) is 2. The number of hydrogen-bond donors (Lipinski definition) is 4. The van der Waals surface area contributed by atoms with Gasteiger partial charge < -0.3 is 31.6 Å². The van der Waals surface area contributed by atoms with Crippen LogP contribution in [0.5, 0.6) is 0 Å². The maximum atomic E-state index is 11.1. The summed E-state index contributed by atoms with van der Waals surface area (Å²) in [4.78, 5) is 22.2. The third-order valence-electron chi connectivity index (χ3n) is 2.71. The van der Waals surface area contributed by atoms with Crippen LogP contribution in [-0.4, -0.2) is 50.6 Å². The van der Waals surface area contributed by atoms with Crippen LogP contribution in [0.3, 0.4) is 0 Å². The highest BCUT2D eigenvalue weighted by Gasteiger charge is 2.24. The Morgan fingerprint density at radius 3 is 1.70 bits per heavy atom. The van der Waals surface area contributed by atoms with Gasteiger partial charge in [0.15, 0.2) is 0 Å². The predicted octanol–water partition coefficient (Wildman–Crippen LogP) is -0.0850. The third kappa shape index (κ3) is 8.54. The molecular weight excluding hydrogens is 264 g/mol. The van der Waals surface area contributed by atoms with Crippen LogP contribution in [0.2, 0.25) is 0 Å². The maximum absolute atomic E-state index is 11.1. The van der Waals surface area contributed by atoms with E-state index in [1.807, 2.05) is 0 Å². The second-order valence-electron chi connectivity index (χ2n) is 4.40. The molecular formula is C12H26N4O4. The summed E-state index contributed by atoms with van der Waals surface area (Å²) >= 11 is 0. The van der Waals surface area contributed by atoms with E-state index in [1.54, 1.807) is 13.8 Å². The van der Waals surface area contributed by atoms with Crippen molar-refractivity contribution in [3.63, 3.8) is 0 Å². The Balaban J connectivity index is 3.95. The van der Waals surface area contributed by atoms with Gasteiger partial charge in [-0.15, -0.1) is 0 Å². The molecule has 0 unspecified atom stereocenters. The second-order valence-corrected chi connectivity index (χ2v) is 4.40. The number of rotatable bonds is 9. The van der Waals surface area contributed by atoms with Gasteiger partial charge in [-0.2, -0.15) is 0 Å². The van der Waals surface area contributed by atoms with Gasteiger partial charge in [0.1, 0.15) is 0 Å². The SMILES string of the molecule is CCNC(=O)OCCC(N)(CN)CCOC(=O)NCC. The van der Waals surface area contributed by atoms with E-state index >= 15 is 0 Å². The Morgan fingerprint density at radius 2 is 1.40 bits per heavy atom. The number of carbonyl (C=O) groups is 2. The van der Waals surface area contributed by atoms with Crippen molar-refractivity contribution in [2.24, 2.45) is 11.5 Å². The number of carbonyl (C=O) groups excluding carboxylic acids is 2. The molecule has 0 aliphatic heterocycles. The second kappa shape index (κ2) is 10.3. The van der Waals surface area contributed by atoms with Crippen LogP contribution in [-0.2, 0) is 9.47 Å². The summed E-state index contributed by atoms with van der Waals surface area (Å²) in [5.41, 5.74) is 11.0. The Labute approximate surface area is 119 Å². The van der Waals surface area contributed by atoms with Crippen molar-refractivity contribution in [3.8, 4) is 0 Å². The van der Waals surface area contributed by atoms with Crippen molar-refractivity contribution < 1.29 is 19.1 Å². The third-order valence-corrected chi connectivity index (χ3v) is 2.71. The molecule has 20 heavy (non-hydrogen) atoms. The van der Waals surface area contributed by atoms with Crippen molar-refractivity contribution in [3.05, 3.63) is 0 Å². The van der Waals surface area contributed by atoms with Gasteiger partial charge in [0, 0.05) is 38.0 Å². The molecule has 0 aliphatic carbocycles. The van der Waals surface area contributed by atoms with E-state index in [4.69, 9.17) is 20.9 Å². The molecule has 0 rings (SSSR count). The van der Waals surface area contributed by atoms with E-state index in [0.717, 1.165) is 0 Å². The van der Waals surface area contributed by atoms with Crippen LogP contribution in [0, 0.1) is 0 Å². The lowest BCUT2D eigenvalue weighted by molar-refractivity contribution is 0.120. The molecule has 0 heterocycles. The van der Waals surface area contributed by atoms with Gasteiger partial charge in [-0.1, -0.05) is 0 Å². The first-order valence-electron chi connectivity index (χ1n) is 6.77. The van der Waals surface area contributed by atoms with Crippen LogP contribution >= 0.6 is 0 Å². The summed E-state index contributed by atoms with van der Waals surface area (Å²) in [6, 6.07) is 0. The van der Waals surface area contributed by atoms with Crippen LogP contribution in [0.15, 0.2) is 0 Å². The van der Waals surface area contributed by atoms with E-state index in [-0.39, 0.29) is 19.8 Å². The van der Waals surface area contributed by atoms with E-state index in [0.29, 0.717) is 25.9 Å². The van der Waals surface area contributed by atoms with Crippen molar-refractivity contribution in [2.75, 3.05) is 32.8 Å². The lowest BCUT2D eigenvalue weighted by atomic mass is 9.93. The molecule has 118 valence electrons. The van der Waals surface area contributed by atoms with Gasteiger partial charge >= 0.3 is 12.2 Å². The fourth-order valence-electron chi connectivity index (χ4n) is 1.41. The van der Waals surface area contributed by atoms with E-state index in [1.165, 1.54) is 0 Å². The Bertz CT molecular complexity index is 275. The minimum atomic E-state index is -0.723. The van der Waals surface area contributed by atoms with Gasteiger partial charge in [-0.3, -0.25) is 0 Å². The number of hydrogen-bond acceptors (Lipinski definition) is 6. The molecule has 0 saturated carbocycles. The molecule has 0 atom stereocenters. The summed E-state index contributed by atoms with van der Waals surface area (Å²) in [6.45, 7) is 5.15. The molecule has 0 aromatic rings. The zero-order chi connectivity index (χ0) is 15.4. The first-order valence-corrected chi connectivity index (χ1v) is 6.77. The monoisotopic (exact) mass is 290 g/mol. The fraction of sp³-hybridized carbons (Fsp3) is 0.833. The van der Waals surface area contributed by atoms with Crippen molar-refractivity contribution in [1.82, 2.24) is 10.6 Å². The molecule has 0 aromatic heterocycles. The molecule has 0 radical (unpaired) electrons. The average molecular weight is 290 g/mol. The molecule has 0 aromatic carbocycles. The van der Waals surface area contributed by atoms with Crippen molar-refractivity contribution in [2.45, 2.75) is 32.2 Å². The topological polar surface area (TPSA) is 129 Å². The van der Waals surface area contributed by atoms with Crippen molar-refractivity contribution >= 4 is 12.2 Å². The van der Waals surface area contributed by atoms with Gasteiger partial charge in [-0.05, 0) is 13.8 Å². The molecule has 0 fully saturated rings. The molecule has 2 amide bonds. The Kier molecular flexibility index (Phi) is 9.48. The Hall–Kier alpha value is -1.54. The van der Waals surface area contributed by atoms with E-state index in [9.17, 15) is 9.59 Å². The number of nitrogens with one attached hydrogen (secondary N) is 2. The highest BCUT2D eigenvalue weighted by Crippen LogP contribution is 2.11. The quantitative estimate of drug-likeness (QED) is 0.470. The minimum Gasteiger partial charge on any atom is -0.449 e. The van der Waals surface area contributed by atoms with Gasteiger partial charge in [0.2, 0.25) is 0 Å². The molecule has 8 nitrogen and oxygen atoms in total. The van der Waals surface area contributed by atoms with Gasteiger partial charge in [0.05, 0.1) is 13.2 Å². The van der Waals surface area contributed by atoms with Gasteiger partial charge in [-0.25, -0.2) is 9.59 Å². The molecule has 0 saturated heterocycles. The normalized spacial score (nSPS) is 10.8. The molecule has 8 heteroatoms. The number of nitrogens with two attached hydrogens (primary N) is 2. The fourth-order valence-corrected chi connectivity index (χ4v) is 1.41. The van der Waals surface area contributed by atoms with E-state index < -0.39 is 17.7 Å². The number of alkyl carbamates (subject to hydrolysis) is 2. The first kappa shape index (κ1) is 18.5. The summed E-state index contributed by atoms with van der Waals surface area (Å²) in [5, 5.41) is 5.02. The highest BCUT2D eigenvalue weighted by atomic mass is 16.6. The Morgan fingerprint density at radius 1 is 1.00 bits per heavy atom. The zero-order valence-electron chi connectivity index (χ0n) is 12.2. The zero-order valence-corrected chi connectivity index (χ0v) is 12.2. The summed E-state index contributed by atoms with van der Waals surface area (Å²) in [7, 11) is 0. The highest BCUT2D eigenvalue weighted by molar-refractivity contribution is 5.67. The standard InChI is InChI=1S/C12H26N4O4/c1-3-15-10(17)19-7-5-12(14,9-13)6-8-20-11(18)16-4-2/h3-9,13-14H2,1-2H3,(H,15,17)(H,16,18). The summed E-state index contributed by atoms with van der Waals surface area (Å²) in [6.07, 6.45) is -0.158. The van der Waals surface area contributed by atoms with Gasteiger partial charge in [0.25, 0.3) is 0 Å². The lowest BCUT2D eigenvalue weighted by Crippen LogP contribution is -2.49. The minimum absolute atomic E-state index is 0.167.